The average Bonchev–Trinajstić information content (AvgIpc) is 3.48. The van der Waals surface area contributed by atoms with Crippen molar-refractivity contribution in [1.29, 1.82) is 0 Å². The number of ether oxygens (including phenoxy) is 2. The van der Waals surface area contributed by atoms with E-state index in [0.717, 1.165) is 29.2 Å². The highest BCUT2D eigenvalue weighted by molar-refractivity contribution is 5.93. The molecule has 1 aliphatic heterocycles. The second-order valence-corrected chi connectivity index (χ2v) is 10.9. The molecule has 0 radical (unpaired) electrons. The molecule has 0 spiro atoms. The molecule has 3 aromatic heterocycles. The van der Waals surface area contributed by atoms with Crippen molar-refractivity contribution in [3.05, 3.63) is 47.4 Å². The van der Waals surface area contributed by atoms with E-state index in [0.29, 0.717) is 28.8 Å². The van der Waals surface area contributed by atoms with Gasteiger partial charge in [-0.2, -0.15) is 0 Å². The Morgan fingerprint density at radius 1 is 1.12 bits per heavy atom. The number of carbonyl (C=O) groups is 1. The second-order valence-electron chi connectivity index (χ2n) is 10.9. The third kappa shape index (κ3) is 3.86. The van der Waals surface area contributed by atoms with Crippen LogP contribution in [0.15, 0.2) is 30.6 Å². The van der Waals surface area contributed by atoms with Gasteiger partial charge in [-0.15, -0.1) is 0 Å². The number of pyridine rings is 3. The summed E-state index contributed by atoms with van der Waals surface area (Å²) in [6.45, 7) is 11.9. The summed E-state index contributed by atoms with van der Waals surface area (Å²) in [5.74, 6) is 1.45. The third-order valence-electron chi connectivity index (χ3n) is 7.01. The molecule has 5 rings (SSSR count). The van der Waals surface area contributed by atoms with Crippen LogP contribution in [0.4, 0.5) is 11.6 Å². The first-order valence-corrected chi connectivity index (χ1v) is 11.6. The van der Waals surface area contributed by atoms with Crippen molar-refractivity contribution in [2.24, 2.45) is 5.73 Å². The van der Waals surface area contributed by atoms with E-state index in [-0.39, 0.29) is 17.7 Å². The van der Waals surface area contributed by atoms with E-state index in [1.165, 1.54) is 0 Å². The monoisotopic (exact) mass is 461 g/mol. The van der Waals surface area contributed by atoms with Crippen LogP contribution in [0.25, 0.3) is 10.8 Å². The molecule has 0 amide bonds. The summed E-state index contributed by atoms with van der Waals surface area (Å²) in [5.41, 5.74) is 7.41. The summed E-state index contributed by atoms with van der Waals surface area (Å²) in [6, 6.07) is 5.47. The van der Waals surface area contributed by atoms with Gasteiger partial charge in [-0.05, 0) is 69.7 Å². The maximum atomic E-state index is 12.3. The lowest BCUT2D eigenvalue weighted by Crippen LogP contribution is -2.42. The molecule has 0 bridgehead atoms. The molecular formula is C26H31N5O3. The zero-order chi connectivity index (χ0) is 24.5. The zero-order valence-electron chi connectivity index (χ0n) is 20.5. The molecule has 178 valence electrons. The van der Waals surface area contributed by atoms with E-state index < -0.39 is 11.0 Å². The van der Waals surface area contributed by atoms with Gasteiger partial charge in [0.2, 0.25) is 5.88 Å². The highest BCUT2D eigenvalue weighted by Crippen LogP contribution is 2.42. The first-order chi connectivity index (χ1) is 15.9. The molecule has 3 aromatic rings. The number of nitrogens with one attached hydrogen (secondary N) is 1. The van der Waals surface area contributed by atoms with Crippen LogP contribution in [0.1, 0.15) is 76.0 Å². The highest BCUT2D eigenvalue weighted by atomic mass is 16.5. The maximum absolute atomic E-state index is 12.3. The van der Waals surface area contributed by atoms with Gasteiger partial charge in [0.25, 0.3) is 0 Å². The molecular weight excluding hydrogens is 430 g/mol. The van der Waals surface area contributed by atoms with Crippen molar-refractivity contribution in [3.63, 3.8) is 0 Å². The smallest absolute Gasteiger partial charge is 0.340 e. The average molecular weight is 462 g/mol. The van der Waals surface area contributed by atoms with E-state index in [1.807, 2.05) is 40.7 Å². The fourth-order valence-corrected chi connectivity index (χ4v) is 4.17. The predicted octanol–water partition coefficient (Wildman–Crippen LogP) is 4.73. The largest absolute Gasteiger partial charge is 0.471 e. The Kier molecular flexibility index (Phi) is 4.88. The Morgan fingerprint density at radius 3 is 2.53 bits per heavy atom. The number of cyclic esters (lactones) is 1. The van der Waals surface area contributed by atoms with Crippen molar-refractivity contribution in [2.75, 3.05) is 5.32 Å². The number of carbonyl (C=O) groups excluding carboxylic acids is 1. The second kappa shape index (κ2) is 7.37. The lowest BCUT2D eigenvalue weighted by atomic mass is 9.79. The highest BCUT2D eigenvalue weighted by Gasteiger charge is 2.42. The Balaban J connectivity index is 1.55. The van der Waals surface area contributed by atoms with Gasteiger partial charge in [0, 0.05) is 23.3 Å². The van der Waals surface area contributed by atoms with Crippen molar-refractivity contribution in [1.82, 2.24) is 15.0 Å². The summed E-state index contributed by atoms with van der Waals surface area (Å²) >= 11 is 0. The number of hydrogen-bond acceptors (Lipinski definition) is 8. The Hall–Kier alpha value is -3.26. The van der Waals surface area contributed by atoms with Crippen LogP contribution < -0.4 is 15.8 Å². The normalized spacial score (nSPS) is 20.4. The molecule has 0 saturated heterocycles. The summed E-state index contributed by atoms with van der Waals surface area (Å²) in [4.78, 5) is 26.3. The summed E-state index contributed by atoms with van der Waals surface area (Å²) in [5, 5.41) is 5.05. The number of hydrogen-bond donors (Lipinski definition) is 2. The molecule has 1 saturated carbocycles. The van der Waals surface area contributed by atoms with Gasteiger partial charge >= 0.3 is 5.97 Å². The molecule has 1 aliphatic carbocycles. The van der Waals surface area contributed by atoms with Crippen molar-refractivity contribution in [2.45, 2.75) is 77.0 Å². The van der Waals surface area contributed by atoms with E-state index >= 15 is 0 Å². The quantitative estimate of drug-likeness (QED) is 0.525. The van der Waals surface area contributed by atoms with E-state index in [1.54, 1.807) is 24.5 Å². The fourth-order valence-electron chi connectivity index (χ4n) is 4.17. The van der Waals surface area contributed by atoms with Crippen molar-refractivity contribution in [3.8, 4) is 5.88 Å². The molecule has 2 aliphatic rings. The Labute approximate surface area is 199 Å². The van der Waals surface area contributed by atoms with E-state index in [4.69, 9.17) is 20.2 Å². The maximum Gasteiger partial charge on any atom is 0.340 e. The molecule has 0 aromatic carbocycles. The van der Waals surface area contributed by atoms with Crippen molar-refractivity contribution >= 4 is 28.4 Å². The van der Waals surface area contributed by atoms with Gasteiger partial charge in [-0.3, -0.25) is 0 Å². The first-order valence-electron chi connectivity index (χ1n) is 11.6. The van der Waals surface area contributed by atoms with Gasteiger partial charge < -0.3 is 20.5 Å². The topological polar surface area (TPSA) is 112 Å². The summed E-state index contributed by atoms with van der Waals surface area (Å²) in [6.07, 6.45) is 5.31. The molecule has 4 heterocycles. The number of nitrogens with two attached hydrogens (primary N) is 1. The van der Waals surface area contributed by atoms with Crippen LogP contribution in [-0.2, 0) is 15.7 Å². The number of esters is 1. The van der Waals surface area contributed by atoms with E-state index in [9.17, 15) is 4.79 Å². The van der Waals surface area contributed by atoms with Crippen molar-refractivity contribution < 1.29 is 14.3 Å². The van der Waals surface area contributed by atoms with Crippen LogP contribution in [0.3, 0.4) is 0 Å². The van der Waals surface area contributed by atoms with Gasteiger partial charge in [-0.1, -0.05) is 13.8 Å². The number of anilines is 2. The Bertz CT molecular complexity index is 1310. The van der Waals surface area contributed by atoms with Gasteiger partial charge in [0.15, 0.2) is 0 Å². The number of aromatic nitrogens is 3. The first kappa shape index (κ1) is 22.5. The molecule has 8 nitrogen and oxygen atoms in total. The summed E-state index contributed by atoms with van der Waals surface area (Å²) < 4.78 is 11.7. The minimum atomic E-state index is -0.601. The van der Waals surface area contributed by atoms with Crippen LogP contribution in [0, 0.1) is 0 Å². The fraction of sp³-hybridized carbons (Fsp3) is 0.462. The SMILES string of the molecule is C[C@H]1OC(=O)c2ccc(Nc3cc4c(C(C)(C)N)cnc(OC5(C)CC5)c4cn3)nc2C1(C)C. The summed E-state index contributed by atoms with van der Waals surface area (Å²) in [7, 11) is 0. The van der Waals surface area contributed by atoms with Gasteiger partial charge in [0.1, 0.15) is 23.3 Å². The zero-order valence-corrected chi connectivity index (χ0v) is 20.5. The third-order valence-corrected chi connectivity index (χ3v) is 7.01. The standard InChI is InChI=1S/C26H31N5O3/c1-14-24(2,3)21-15(23(32)33-14)7-8-19(31-21)30-20-11-16-17(12-28-20)22(34-26(6)9-10-26)29-13-18(16)25(4,5)27/h7-8,11-14H,9-10,27H2,1-6H3,(H,28,30,31)/t14-/m1/s1. The molecule has 8 heteroatoms. The number of fused-ring (bicyclic) bond motifs is 2. The molecule has 1 fully saturated rings. The number of rotatable bonds is 5. The van der Waals surface area contributed by atoms with Crippen LogP contribution in [0.2, 0.25) is 0 Å². The lowest BCUT2D eigenvalue weighted by Gasteiger charge is -2.36. The lowest BCUT2D eigenvalue weighted by molar-refractivity contribution is 0.00864. The van der Waals surface area contributed by atoms with Gasteiger partial charge in [-0.25, -0.2) is 19.7 Å². The van der Waals surface area contributed by atoms with E-state index in [2.05, 4.69) is 22.2 Å². The van der Waals surface area contributed by atoms with Gasteiger partial charge in [0.05, 0.1) is 16.6 Å². The Morgan fingerprint density at radius 2 is 1.85 bits per heavy atom. The van der Waals surface area contributed by atoms with Crippen LogP contribution in [0.5, 0.6) is 5.88 Å². The molecule has 34 heavy (non-hydrogen) atoms. The molecule has 0 unspecified atom stereocenters. The molecule has 1 atom stereocenters. The minimum absolute atomic E-state index is 0.158. The minimum Gasteiger partial charge on any atom is -0.471 e. The molecule has 3 N–H and O–H groups in total. The predicted molar refractivity (Wildman–Crippen MR) is 130 cm³/mol. The van der Waals surface area contributed by atoms with Crippen LogP contribution >= 0.6 is 0 Å². The number of nitrogens with zero attached hydrogens (tertiary/aromatic N) is 3. The van der Waals surface area contributed by atoms with Crippen LogP contribution in [-0.4, -0.2) is 32.6 Å².